The lowest BCUT2D eigenvalue weighted by atomic mass is 10.1. The van der Waals surface area contributed by atoms with E-state index in [0.717, 1.165) is 16.9 Å². The van der Waals surface area contributed by atoms with Gasteiger partial charge >= 0.3 is 5.97 Å². The summed E-state index contributed by atoms with van der Waals surface area (Å²) in [5, 5.41) is 3.28. The number of esters is 1. The van der Waals surface area contributed by atoms with Crippen LogP contribution < -0.4 is 10.1 Å². The molecule has 0 saturated carbocycles. The highest BCUT2D eigenvalue weighted by atomic mass is 35.5. The van der Waals surface area contributed by atoms with Crippen molar-refractivity contribution in [3.05, 3.63) is 76.0 Å². The van der Waals surface area contributed by atoms with Crippen LogP contribution >= 0.6 is 11.6 Å². The third kappa shape index (κ3) is 3.82. The molecule has 2 aliphatic heterocycles. The molecule has 0 aliphatic carbocycles. The largest absolute Gasteiger partial charge is 0.488 e. The van der Waals surface area contributed by atoms with Gasteiger partial charge in [0.2, 0.25) is 11.8 Å². The van der Waals surface area contributed by atoms with Gasteiger partial charge in [0, 0.05) is 28.8 Å². The average molecular weight is 395 g/mol. The van der Waals surface area contributed by atoms with Crippen LogP contribution in [0, 0.1) is 0 Å². The van der Waals surface area contributed by atoms with E-state index in [1.165, 1.54) is 6.92 Å². The lowest BCUT2D eigenvalue weighted by molar-refractivity contribution is -0.130. The molecule has 0 spiro atoms. The first-order chi connectivity index (χ1) is 13.5. The van der Waals surface area contributed by atoms with E-state index in [1.54, 1.807) is 42.5 Å². The zero-order valence-corrected chi connectivity index (χ0v) is 15.6. The number of hydrogen-bond donors (Lipinski definition) is 1. The number of nitrogens with one attached hydrogen (secondary N) is 1. The zero-order valence-electron chi connectivity index (χ0n) is 14.9. The van der Waals surface area contributed by atoms with E-state index in [-0.39, 0.29) is 17.5 Å². The van der Waals surface area contributed by atoms with Crippen molar-refractivity contribution in [2.75, 3.05) is 11.9 Å². The van der Waals surface area contributed by atoms with Gasteiger partial charge in [-0.25, -0.2) is 9.79 Å². The van der Waals surface area contributed by atoms with Crippen LogP contribution in [0.3, 0.4) is 0 Å². The van der Waals surface area contributed by atoms with Crippen molar-refractivity contribution in [3.63, 3.8) is 0 Å². The van der Waals surface area contributed by atoms with Crippen molar-refractivity contribution in [2.24, 2.45) is 4.99 Å². The number of cyclic esters (lactones) is 1. The summed E-state index contributed by atoms with van der Waals surface area (Å²) in [5.41, 5.74) is 3.11. The molecule has 0 radical (unpaired) electrons. The van der Waals surface area contributed by atoms with Gasteiger partial charge in [0.15, 0.2) is 5.70 Å². The van der Waals surface area contributed by atoms with E-state index >= 15 is 0 Å². The summed E-state index contributed by atoms with van der Waals surface area (Å²) in [6, 6.07) is 12.2. The van der Waals surface area contributed by atoms with Gasteiger partial charge in [-0.15, -0.1) is 0 Å². The van der Waals surface area contributed by atoms with Crippen LogP contribution in [0.2, 0.25) is 5.02 Å². The molecule has 0 fully saturated rings. The maximum absolute atomic E-state index is 12.2. The highest BCUT2D eigenvalue weighted by molar-refractivity contribution is 6.30. The minimum absolute atomic E-state index is 0.159. The topological polar surface area (TPSA) is 77.0 Å². The van der Waals surface area contributed by atoms with E-state index in [0.29, 0.717) is 22.9 Å². The molecule has 0 saturated heterocycles. The number of ether oxygens (including phenoxy) is 2. The molecule has 6 nitrogen and oxygen atoms in total. The summed E-state index contributed by atoms with van der Waals surface area (Å²) in [6.45, 7) is 1.76. The summed E-state index contributed by atoms with van der Waals surface area (Å²) in [7, 11) is 0. The lowest BCUT2D eigenvalue weighted by Crippen LogP contribution is -2.08. The number of carbonyl (C=O) groups is 2. The third-order valence-electron chi connectivity index (χ3n) is 4.10. The first-order valence-corrected chi connectivity index (χ1v) is 8.89. The Morgan fingerprint density at radius 2 is 2.00 bits per heavy atom. The molecule has 0 atom stereocenters. The van der Waals surface area contributed by atoms with Gasteiger partial charge in [-0.05, 0) is 60.2 Å². The molecule has 7 heteroatoms. The first-order valence-electron chi connectivity index (χ1n) is 8.51. The molecular formula is C21H15ClN2O4. The second-order valence-electron chi connectivity index (χ2n) is 6.28. The summed E-state index contributed by atoms with van der Waals surface area (Å²) in [4.78, 5) is 27.6. The Morgan fingerprint density at radius 3 is 2.75 bits per heavy atom. The number of rotatable bonds is 3. The van der Waals surface area contributed by atoms with Crippen molar-refractivity contribution in [2.45, 2.75) is 6.92 Å². The molecule has 1 amide bonds. The molecule has 140 valence electrons. The fraction of sp³-hybridized carbons (Fsp3) is 0.0952. The molecule has 1 N–H and O–H groups in total. The number of hydrogen-bond acceptors (Lipinski definition) is 5. The molecule has 2 aliphatic rings. The maximum Gasteiger partial charge on any atom is 0.363 e. The minimum Gasteiger partial charge on any atom is -0.488 e. The van der Waals surface area contributed by atoms with Crippen molar-refractivity contribution in [1.82, 2.24) is 0 Å². The normalized spacial score (nSPS) is 16.6. The number of amides is 1. The molecule has 2 aromatic carbocycles. The van der Waals surface area contributed by atoms with Crippen molar-refractivity contribution < 1.29 is 19.1 Å². The summed E-state index contributed by atoms with van der Waals surface area (Å²) in [6.07, 6.45) is 3.55. The number of anilines is 1. The Morgan fingerprint density at radius 1 is 1.21 bits per heavy atom. The van der Waals surface area contributed by atoms with Crippen LogP contribution in [-0.2, 0) is 14.3 Å². The second kappa shape index (κ2) is 7.32. The third-order valence-corrected chi connectivity index (χ3v) is 4.34. The van der Waals surface area contributed by atoms with Gasteiger partial charge in [0.25, 0.3) is 0 Å². The molecule has 0 unspecified atom stereocenters. The number of nitrogens with zero attached hydrogens (tertiary/aromatic N) is 1. The summed E-state index contributed by atoms with van der Waals surface area (Å²) < 4.78 is 11.0. The monoisotopic (exact) mass is 394 g/mol. The predicted molar refractivity (Wildman–Crippen MR) is 106 cm³/mol. The highest BCUT2D eigenvalue weighted by Crippen LogP contribution is 2.30. The molecule has 0 bridgehead atoms. The van der Waals surface area contributed by atoms with Gasteiger partial charge < -0.3 is 14.8 Å². The minimum atomic E-state index is -0.529. The van der Waals surface area contributed by atoms with Gasteiger partial charge in [0.05, 0.1) is 0 Å². The standard InChI is InChI=1S/C21H15ClN2O4/c1-12(25)23-17-5-2-14(3-6-17)20-24-18(21(26)28-20)9-13-8-15-10-16(22)4-7-19(15)27-11-13/h2-10H,11H2,1H3,(H,23,25). The van der Waals surface area contributed by atoms with Gasteiger partial charge in [0.1, 0.15) is 12.4 Å². The number of carbonyl (C=O) groups excluding carboxylic acids is 2. The van der Waals surface area contributed by atoms with Crippen LogP contribution in [-0.4, -0.2) is 24.4 Å². The Bertz CT molecular complexity index is 1070. The van der Waals surface area contributed by atoms with E-state index in [2.05, 4.69) is 10.3 Å². The van der Waals surface area contributed by atoms with Crippen LogP contribution in [0.1, 0.15) is 18.1 Å². The van der Waals surface area contributed by atoms with Gasteiger partial charge in [-0.3, -0.25) is 4.79 Å². The maximum atomic E-state index is 12.2. The molecule has 0 aromatic heterocycles. The summed E-state index contributed by atoms with van der Waals surface area (Å²) in [5.74, 6) is 0.266. The van der Waals surface area contributed by atoms with Crippen LogP contribution in [0.25, 0.3) is 6.08 Å². The van der Waals surface area contributed by atoms with Gasteiger partial charge in [-0.1, -0.05) is 11.6 Å². The molecule has 28 heavy (non-hydrogen) atoms. The van der Waals surface area contributed by atoms with Crippen molar-refractivity contribution >= 4 is 41.1 Å². The van der Waals surface area contributed by atoms with Crippen LogP contribution in [0.5, 0.6) is 5.75 Å². The molecule has 2 heterocycles. The fourth-order valence-electron chi connectivity index (χ4n) is 2.86. The summed E-state index contributed by atoms with van der Waals surface area (Å²) >= 11 is 6.02. The molecule has 2 aromatic rings. The first kappa shape index (κ1) is 18.0. The zero-order chi connectivity index (χ0) is 19.7. The Balaban J connectivity index is 1.58. The number of halogens is 1. The SMILES string of the molecule is CC(=O)Nc1ccc(C2=NC(=CC3=Cc4cc(Cl)ccc4OC3)C(=O)O2)cc1. The number of benzene rings is 2. The Kier molecular flexibility index (Phi) is 4.71. The van der Waals surface area contributed by atoms with E-state index in [4.69, 9.17) is 21.1 Å². The molecule has 4 rings (SSSR count). The van der Waals surface area contributed by atoms with E-state index < -0.39 is 5.97 Å². The fourth-order valence-corrected chi connectivity index (χ4v) is 3.04. The Hall–Kier alpha value is -3.38. The predicted octanol–water partition coefficient (Wildman–Crippen LogP) is 3.96. The average Bonchev–Trinajstić information content (AvgIpc) is 3.02. The van der Waals surface area contributed by atoms with E-state index in [9.17, 15) is 9.59 Å². The quantitative estimate of drug-likeness (QED) is 0.631. The Labute approximate surface area is 166 Å². The molecular weight excluding hydrogens is 380 g/mol. The van der Waals surface area contributed by atoms with Crippen molar-refractivity contribution in [3.8, 4) is 5.75 Å². The number of fused-ring (bicyclic) bond motifs is 1. The van der Waals surface area contributed by atoms with Crippen molar-refractivity contribution in [1.29, 1.82) is 0 Å². The lowest BCUT2D eigenvalue weighted by Gasteiger charge is -2.16. The van der Waals surface area contributed by atoms with Crippen LogP contribution in [0.4, 0.5) is 5.69 Å². The highest BCUT2D eigenvalue weighted by Gasteiger charge is 2.25. The van der Waals surface area contributed by atoms with Crippen LogP contribution in [0.15, 0.2) is 64.8 Å². The smallest absolute Gasteiger partial charge is 0.363 e. The second-order valence-corrected chi connectivity index (χ2v) is 6.72. The number of aliphatic imine (C=N–C) groups is 1. The van der Waals surface area contributed by atoms with E-state index in [1.807, 2.05) is 12.1 Å². The van der Waals surface area contributed by atoms with Gasteiger partial charge in [-0.2, -0.15) is 0 Å².